The van der Waals surface area contributed by atoms with Gasteiger partial charge in [-0.25, -0.2) is 0 Å². The van der Waals surface area contributed by atoms with E-state index in [0.29, 0.717) is 12.3 Å². The van der Waals surface area contributed by atoms with E-state index in [1.54, 1.807) is 13.2 Å². The molecule has 3 nitrogen and oxygen atoms in total. The molecule has 0 heterocycles. The molecule has 3 heteroatoms. The van der Waals surface area contributed by atoms with E-state index >= 15 is 0 Å². The van der Waals surface area contributed by atoms with Crippen molar-refractivity contribution in [3.63, 3.8) is 0 Å². The van der Waals surface area contributed by atoms with Crippen molar-refractivity contribution in [3.05, 3.63) is 53.6 Å². The van der Waals surface area contributed by atoms with Gasteiger partial charge in [0.15, 0.2) is 11.5 Å². The van der Waals surface area contributed by atoms with Crippen LogP contribution in [0.25, 0.3) is 0 Å². The Balaban J connectivity index is 2.16. The van der Waals surface area contributed by atoms with E-state index in [4.69, 9.17) is 4.74 Å². The number of aryl methyl sites for hydroxylation is 1. The lowest BCUT2D eigenvalue weighted by Gasteiger charge is -2.20. The molecule has 0 spiro atoms. The van der Waals surface area contributed by atoms with Gasteiger partial charge in [0, 0.05) is 24.8 Å². The van der Waals surface area contributed by atoms with Crippen molar-refractivity contribution in [3.8, 4) is 11.5 Å². The predicted octanol–water partition coefficient (Wildman–Crippen LogP) is 3.60. The highest BCUT2D eigenvalue weighted by Gasteiger charge is 2.10. The standard InChI is InChI=1S/C17H21NO2/c1-4-13-8-10-15(11-9-13)18(2)12-14-6-5-7-16(20-3)17(14)19/h5-11,19H,4,12H2,1-3H3. The third-order valence-electron chi connectivity index (χ3n) is 3.50. The van der Waals surface area contributed by atoms with E-state index in [-0.39, 0.29) is 5.75 Å². The fourth-order valence-electron chi connectivity index (χ4n) is 2.19. The molecular formula is C17H21NO2. The Morgan fingerprint density at radius 3 is 2.40 bits per heavy atom. The Labute approximate surface area is 120 Å². The third kappa shape index (κ3) is 3.05. The Hall–Kier alpha value is -2.16. The number of benzene rings is 2. The molecule has 0 aliphatic heterocycles. The highest BCUT2D eigenvalue weighted by atomic mass is 16.5. The SMILES string of the molecule is CCc1ccc(N(C)Cc2cccc(OC)c2O)cc1. The van der Waals surface area contributed by atoms with Crippen LogP contribution in [0.1, 0.15) is 18.1 Å². The minimum absolute atomic E-state index is 0.215. The van der Waals surface area contributed by atoms with Gasteiger partial charge in [-0.05, 0) is 30.2 Å². The Morgan fingerprint density at radius 1 is 1.10 bits per heavy atom. The van der Waals surface area contributed by atoms with Crippen LogP contribution in [0.5, 0.6) is 11.5 Å². The smallest absolute Gasteiger partial charge is 0.162 e. The van der Waals surface area contributed by atoms with Crippen molar-refractivity contribution in [2.45, 2.75) is 19.9 Å². The molecule has 0 saturated heterocycles. The van der Waals surface area contributed by atoms with E-state index in [1.165, 1.54) is 5.56 Å². The van der Waals surface area contributed by atoms with Gasteiger partial charge in [-0.15, -0.1) is 0 Å². The average molecular weight is 271 g/mol. The fourth-order valence-corrected chi connectivity index (χ4v) is 2.19. The number of para-hydroxylation sites is 1. The lowest BCUT2D eigenvalue weighted by Crippen LogP contribution is -2.16. The summed E-state index contributed by atoms with van der Waals surface area (Å²) in [7, 11) is 3.58. The molecule has 0 aliphatic carbocycles. The number of hydrogen-bond acceptors (Lipinski definition) is 3. The summed E-state index contributed by atoms with van der Waals surface area (Å²) < 4.78 is 5.13. The topological polar surface area (TPSA) is 32.7 Å². The Morgan fingerprint density at radius 2 is 1.80 bits per heavy atom. The first-order valence-electron chi connectivity index (χ1n) is 6.80. The first-order chi connectivity index (χ1) is 9.65. The second kappa shape index (κ2) is 6.33. The van der Waals surface area contributed by atoms with E-state index in [1.807, 2.05) is 19.2 Å². The minimum atomic E-state index is 0.215. The molecule has 2 aromatic rings. The van der Waals surface area contributed by atoms with Gasteiger partial charge in [-0.3, -0.25) is 0 Å². The van der Waals surface area contributed by atoms with Gasteiger partial charge in [0.2, 0.25) is 0 Å². The van der Waals surface area contributed by atoms with Gasteiger partial charge in [-0.2, -0.15) is 0 Å². The summed E-state index contributed by atoms with van der Waals surface area (Å²) in [6.07, 6.45) is 1.04. The highest BCUT2D eigenvalue weighted by molar-refractivity contribution is 5.51. The molecular weight excluding hydrogens is 250 g/mol. The van der Waals surface area contributed by atoms with E-state index < -0.39 is 0 Å². The average Bonchev–Trinajstić information content (AvgIpc) is 2.49. The largest absolute Gasteiger partial charge is 0.504 e. The van der Waals surface area contributed by atoms with E-state index in [9.17, 15) is 5.11 Å². The van der Waals surface area contributed by atoms with Crippen molar-refractivity contribution in [2.75, 3.05) is 19.1 Å². The summed E-state index contributed by atoms with van der Waals surface area (Å²) in [6, 6.07) is 14.0. The van der Waals surface area contributed by atoms with Crippen LogP contribution in [0, 0.1) is 0 Å². The van der Waals surface area contributed by atoms with Gasteiger partial charge in [0.1, 0.15) is 0 Å². The first kappa shape index (κ1) is 14.3. The molecule has 1 N–H and O–H groups in total. The molecule has 0 atom stereocenters. The molecule has 0 bridgehead atoms. The monoisotopic (exact) mass is 271 g/mol. The van der Waals surface area contributed by atoms with Crippen molar-refractivity contribution in [1.29, 1.82) is 0 Å². The molecule has 0 amide bonds. The molecule has 20 heavy (non-hydrogen) atoms. The van der Waals surface area contributed by atoms with Gasteiger partial charge >= 0.3 is 0 Å². The number of nitrogens with zero attached hydrogens (tertiary/aromatic N) is 1. The number of ether oxygens (including phenoxy) is 1. The molecule has 0 saturated carbocycles. The van der Waals surface area contributed by atoms with Crippen LogP contribution < -0.4 is 9.64 Å². The predicted molar refractivity (Wildman–Crippen MR) is 82.6 cm³/mol. The van der Waals surface area contributed by atoms with Crippen molar-refractivity contribution in [2.24, 2.45) is 0 Å². The van der Waals surface area contributed by atoms with Gasteiger partial charge in [-0.1, -0.05) is 31.2 Å². The van der Waals surface area contributed by atoms with Crippen LogP contribution in [-0.2, 0) is 13.0 Å². The number of phenolic OH excluding ortho intramolecular Hbond substituents is 1. The maximum atomic E-state index is 10.1. The van der Waals surface area contributed by atoms with Crippen molar-refractivity contribution in [1.82, 2.24) is 0 Å². The van der Waals surface area contributed by atoms with Crippen LogP contribution in [0.2, 0.25) is 0 Å². The lowest BCUT2D eigenvalue weighted by atomic mass is 10.1. The summed E-state index contributed by atoms with van der Waals surface area (Å²) in [5.41, 5.74) is 3.31. The number of phenols is 1. The van der Waals surface area contributed by atoms with Crippen molar-refractivity contribution >= 4 is 5.69 Å². The molecule has 2 rings (SSSR count). The quantitative estimate of drug-likeness (QED) is 0.902. The number of aromatic hydroxyl groups is 1. The molecule has 0 fully saturated rings. The molecule has 0 unspecified atom stereocenters. The number of rotatable bonds is 5. The zero-order valence-electron chi connectivity index (χ0n) is 12.3. The molecule has 2 aromatic carbocycles. The first-order valence-corrected chi connectivity index (χ1v) is 6.80. The van der Waals surface area contributed by atoms with Crippen LogP contribution in [-0.4, -0.2) is 19.3 Å². The van der Waals surface area contributed by atoms with E-state index in [0.717, 1.165) is 17.7 Å². The molecule has 0 aliphatic rings. The molecule has 0 aromatic heterocycles. The fraction of sp³-hybridized carbons (Fsp3) is 0.294. The lowest BCUT2D eigenvalue weighted by molar-refractivity contribution is 0.370. The van der Waals surface area contributed by atoms with Crippen LogP contribution in [0.15, 0.2) is 42.5 Å². The second-order valence-corrected chi connectivity index (χ2v) is 4.84. The van der Waals surface area contributed by atoms with Gasteiger partial charge in [0.25, 0.3) is 0 Å². The normalized spacial score (nSPS) is 10.3. The maximum Gasteiger partial charge on any atom is 0.162 e. The molecule has 106 valence electrons. The highest BCUT2D eigenvalue weighted by Crippen LogP contribution is 2.30. The van der Waals surface area contributed by atoms with Gasteiger partial charge in [0.05, 0.1) is 7.11 Å². The summed E-state index contributed by atoms with van der Waals surface area (Å²) in [5.74, 6) is 0.726. The summed E-state index contributed by atoms with van der Waals surface area (Å²) in [4.78, 5) is 2.11. The second-order valence-electron chi connectivity index (χ2n) is 4.84. The summed E-state index contributed by atoms with van der Waals surface area (Å²) >= 11 is 0. The number of methoxy groups -OCH3 is 1. The van der Waals surface area contributed by atoms with Crippen LogP contribution in [0.3, 0.4) is 0 Å². The van der Waals surface area contributed by atoms with Crippen LogP contribution >= 0.6 is 0 Å². The van der Waals surface area contributed by atoms with Crippen molar-refractivity contribution < 1.29 is 9.84 Å². The maximum absolute atomic E-state index is 10.1. The third-order valence-corrected chi connectivity index (χ3v) is 3.50. The summed E-state index contributed by atoms with van der Waals surface area (Å²) in [6.45, 7) is 2.78. The van der Waals surface area contributed by atoms with Crippen LogP contribution in [0.4, 0.5) is 5.69 Å². The zero-order valence-corrected chi connectivity index (χ0v) is 12.3. The Kier molecular flexibility index (Phi) is 4.51. The van der Waals surface area contributed by atoms with E-state index in [2.05, 4.69) is 36.1 Å². The minimum Gasteiger partial charge on any atom is -0.504 e. The number of anilines is 1. The summed E-state index contributed by atoms with van der Waals surface area (Å²) in [5, 5.41) is 10.1. The molecule has 0 radical (unpaired) electrons. The number of hydrogen-bond donors (Lipinski definition) is 1. The van der Waals surface area contributed by atoms with Gasteiger partial charge < -0.3 is 14.7 Å². The zero-order chi connectivity index (χ0) is 14.5. The Bertz CT molecular complexity index is 564.